The SMILES string of the molecule is CC(C)=CCCN1CCCC(c2cc(N3CCOCC3)nc(C)n2)C1. The molecule has 2 aliphatic heterocycles. The van der Waals surface area contributed by atoms with E-state index in [1.165, 1.54) is 30.7 Å². The van der Waals surface area contributed by atoms with Crippen LogP contribution in [0.5, 0.6) is 0 Å². The number of aromatic nitrogens is 2. The normalized spacial score (nSPS) is 22.0. The lowest BCUT2D eigenvalue weighted by molar-refractivity contribution is 0.122. The second kappa shape index (κ2) is 8.77. The van der Waals surface area contributed by atoms with Crippen LogP contribution in [-0.2, 0) is 4.74 Å². The van der Waals surface area contributed by atoms with Crippen molar-refractivity contribution in [1.82, 2.24) is 14.9 Å². The second-order valence-corrected chi connectivity index (χ2v) is 7.51. The average Bonchev–Trinajstić information content (AvgIpc) is 2.62. The fourth-order valence-electron chi connectivity index (χ4n) is 3.77. The van der Waals surface area contributed by atoms with Gasteiger partial charge in [-0.15, -0.1) is 0 Å². The smallest absolute Gasteiger partial charge is 0.132 e. The van der Waals surface area contributed by atoms with Crippen LogP contribution in [0.2, 0.25) is 0 Å². The first-order chi connectivity index (χ1) is 12.1. The summed E-state index contributed by atoms with van der Waals surface area (Å²) in [4.78, 5) is 14.4. The number of likely N-dealkylation sites (tertiary alicyclic amines) is 1. The van der Waals surface area contributed by atoms with E-state index in [1.54, 1.807) is 0 Å². The fraction of sp³-hybridized carbons (Fsp3) is 0.700. The molecule has 1 aromatic rings. The van der Waals surface area contributed by atoms with Gasteiger partial charge in [0.05, 0.1) is 18.9 Å². The number of ether oxygens (including phenoxy) is 1. The average molecular weight is 345 g/mol. The number of aryl methyl sites for hydroxylation is 1. The van der Waals surface area contributed by atoms with E-state index in [4.69, 9.17) is 9.72 Å². The fourth-order valence-corrected chi connectivity index (χ4v) is 3.77. The number of allylic oxidation sites excluding steroid dienone is 1. The number of hydrogen-bond acceptors (Lipinski definition) is 5. The molecule has 3 heterocycles. The van der Waals surface area contributed by atoms with Crippen LogP contribution in [0, 0.1) is 6.92 Å². The highest BCUT2D eigenvalue weighted by Crippen LogP contribution is 2.28. The largest absolute Gasteiger partial charge is 0.378 e. The molecule has 0 spiro atoms. The molecule has 0 aromatic carbocycles. The summed E-state index contributed by atoms with van der Waals surface area (Å²) in [6.07, 6.45) is 5.99. The van der Waals surface area contributed by atoms with Crippen LogP contribution in [0.1, 0.15) is 50.5 Å². The van der Waals surface area contributed by atoms with Crippen LogP contribution in [0.25, 0.3) is 0 Å². The molecule has 0 aliphatic carbocycles. The zero-order chi connectivity index (χ0) is 17.6. The van der Waals surface area contributed by atoms with Crippen LogP contribution in [-0.4, -0.2) is 60.8 Å². The first-order valence-electron chi connectivity index (χ1n) is 9.66. The van der Waals surface area contributed by atoms with E-state index in [-0.39, 0.29) is 0 Å². The van der Waals surface area contributed by atoms with Gasteiger partial charge in [-0.05, 0) is 46.6 Å². The van der Waals surface area contributed by atoms with Crippen molar-refractivity contribution in [2.45, 2.75) is 46.0 Å². The molecule has 0 amide bonds. The van der Waals surface area contributed by atoms with E-state index in [9.17, 15) is 0 Å². The lowest BCUT2D eigenvalue weighted by atomic mass is 9.94. The van der Waals surface area contributed by atoms with E-state index >= 15 is 0 Å². The molecule has 25 heavy (non-hydrogen) atoms. The van der Waals surface area contributed by atoms with Crippen molar-refractivity contribution in [2.75, 3.05) is 50.8 Å². The van der Waals surface area contributed by atoms with Gasteiger partial charge >= 0.3 is 0 Å². The van der Waals surface area contributed by atoms with Gasteiger partial charge in [0.2, 0.25) is 0 Å². The Morgan fingerprint density at radius 2 is 2.04 bits per heavy atom. The van der Waals surface area contributed by atoms with E-state index < -0.39 is 0 Å². The van der Waals surface area contributed by atoms with Crippen molar-refractivity contribution in [2.24, 2.45) is 0 Å². The van der Waals surface area contributed by atoms with Gasteiger partial charge in [0.25, 0.3) is 0 Å². The van der Waals surface area contributed by atoms with Crippen LogP contribution in [0.4, 0.5) is 5.82 Å². The van der Waals surface area contributed by atoms with Crippen molar-refractivity contribution in [3.05, 3.63) is 29.2 Å². The molecule has 0 saturated carbocycles. The van der Waals surface area contributed by atoms with Crippen molar-refractivity contribution in [1.29, 1.82) is 0 Å². The Kier molecular flexibility index (Phi) is 6.43. The maximum atomic E-state index is 5.47. The molecule has 1 unspecified atom stereocenters. The third-order valence-electron chi connectivity index (χ3n) is 5.10. The van der Waals surface area contributed by atoms with Gasteiger partial charge in [0.1, 0.15) is 11.6 Å². The van der Waals surface area contributed by atoms with E-state index in [1.807, 2.05) is 6.92 Å². The Balaban J connectivity index is 1.67. The summed E-state index contributed by atoms with van der Waals surface area (Å²) in [5.41, 5.74) is 2.64. The second-order valence-electron chi connectivity index (χ2n) is 7.51. The van der Waals surface area contributed by atoms with Gasteiger partial charge < -0.3 is 14.5 Å². The van der Waals surface area contributed by atoms with Gasteiger partial charge in [-0.1, -0.05) is 11.6 Å². The minimum absolute atomic E-state index is 0.530. The van der Waals surface area contributed by atoms with Gasteiger partial charge in [0, 0.05) is 38.2 Å². The lowest BCUT2D eigenvalue weighted by Gasteiger charge is -2.33. The summed E-state index contributed by atoms with van der Waals surface area (Å²) >= 11 is 0. The molecule has 5 heteroatoms. The van der Waals surface area contributed by atoms with Gasteiger partial charge in [-0.2, -0.15) is 0 Å². The molecule has 3 rings (SSSR count). The molecular weight excluding hydrogens is 312 g/mol. The molecule has 0 N–H and O–H groups in total. The molecule has 5 nitrogen and oxygen atoms in total. The number of hydrogen-bond donors (Lipinski definition) is 0. The predicted octanol–water partition coefficient (Wildman–Crippen LogP) is 3.16. The highest BCUT2D eigenvalue weighted by Gasteiger charge is 2.24. The summed E-state index contributed by atoms with van der Waals surface area (Å²) in [7, 11) is 0. The van der Waals surface area contributed by atoms with Crippen molar-refractivity contribution in [3.63, 3.8) is 0 Å². The van der Waals surface area contributed by atoms with E-state index in [2.05, 4.69) is 40.8 Å². The monoisotopic (exact) mass is 344 g/mol. The molecule has 2 saturated heterocycles. The van der Waals surface area contributed by atoms with Crippen molar-refractivity contribution in [3.8, 4) is 0 Å². The number of nitrogens with zero attached hydrogens (tertiary/aromatic N) is 4. The number of piperidine rings is 1. The van der Waals surface area contributed by atoms with Gasteiger partial charge in [-0.25, -0.2) is 9.97 Å². The number of rotatable bonds is 5. The molecule has 2 fully saturated rings. The van der Waals surface area contributed by atoms with E-state index in [0.29, 0.717) is 5.92 Å². The summed E-state index contributed by atoms with van der Waals surface area (Å²) in [6, 6.07) is 2.22. The highest BCUT2D eigenvalue weighted by molar-refractivity contribution is 5.41. The predicted molar refractivity (Wildman–Crippen MR) is 102 cm³/mol. The van der Waals surface area contributed by atoms with Crippen LogP contribution in [0.3, 0.4) is 0 Å². The summed E-state index contributed by atoms with van der Waals surface area (Å²) in [6.45, 7) is 13.3. The standard InChI is InChI=1S/C20H32N4O/c1-16(2)6-4-8-23-9-5-7-18(15-23)19-14-20(22-17(3)21-19)24-10-12-25-13-11-24/h6,14,18H,4-5,7-13,15H2,1-3H3. The summed E-state index contributed by atoms with van der Waals surface area (Å²) in [5.74, 6) is 2.50. The maximum absolute atomic E-state index is 5.47. The molecule has 0 radical (unpaired) electrons. The van der Waals surface area contributed by atoms with E-state index in [0.717, 1.165) is 57.5 Å². The van der Waals surface area contributed by atoms with Crippen LogP contribution in [0.15, 0.2) is 17.7 Å². The molecule has 138 valence electrons. The van der Waals surface area contributed by atoms with Gasteiger partial charge in [0.15, 0.2) is 0 Å². The summed E-state index contributed by atoms with van der Waals surface area (Å²) in [5, 5.41) is 0. The molecule has 1 aromatic heterocycles. The van der Waals surface area contributed by atoms with Crippen molar-refractivity contribution >= 4 is 5.82 Å². The Hall–Kier alpha value is -1.46. The third kappa shape index (κ3) is 5.25. The molecular formula is C20H32N4O. The highest BCUT2D eigenvalue weighted by atomic mass is 16.5. The Morgan fingerprint density at radius 3 is 2.80 bits per heavy atom. The minimum Gasteiger partial charge on any atom is -0.378 e. The third-order valence-corrected chi connectivity index (χ3v) is 5.10. The quantitative estimate of drug-likeness (QED) is 0.768. The molecule has 1 atom stereocenters. The number of anilines is 1. The molecule has 2 aliphatic rings. The Labute approximate surface area is 152 Å². The van der Waals surface area contributed by atoms with Gasteiger partial charge in [-0.3, -0.25) is 0 Å². The zero-order valence-electron chi connectivity index (χ0n) is 16.0. The Morgan fingerprint density at radius 1 is 1.24 bits per heavy atom. The maximum Gasteiger partial charge on any atom is 0.132 e. The lowest BCUT2D eigenvalue weighted by Crippen LogP contribution is -2.37. The zero-order valence-corrected chi connectivity index (χ0v) is 16.0. The topological polar surface area (TPSA) is 41.5 Å². The minimum atomic E-state index is 0.530. The first kappa shape index (κ1) is 18.3. The first-order valence-corrected chi connectivity index (χ1v) is 9.66. The number of morpholine rings is 1. The summed E-state index contributed by atoms with van der Waals surface area (Å²) < 4.78 is 5.47. The van der Waals surface area contributed by atoms with Crippen LogP contribution >= 0.6 is 0 Å². The van der Waals surface area contributed by atoms with Crippen molar-refractivity contribution < 1.29 is 4.74 Å². The molecule has 0 bridgehead atoms. The van der Waals surface area contributed by atoms with Crippen LogP contribution < -0.4 is 4.90 Å². The Bertz CT molecular complexity index is 591.